The highest BCUT2D eigenvalue weighted by molar-refractivity contribution is 5.88. The Balaban J connectivity index is 1.79. The molecular formula is C25H28N2O3. The van der Waals surface area contributed by atoms with Crippen LogP contribution in [0.3, 0.4) is 0 Å². The van der Waals surface area contributed by atoms with Crippen LogP contribution in [0.1, 0.15) is 24.5 Å². The standard InChI is InChI=1S/C25H28N2O3/c1-18(25(29)26-2)27(17-19-8-6-12-22(16-19)30-3)24(28)15-14-21-11-7-10-20-9-4-5-13-23(20)21/h4-13,16,18H,14-15,17H2,1-3H3,(H,26,29). The third kappa shape index (κ3) is 4.98. The van der Waals surface area contributed by atoms with Crippen molar-refractivity contribution in [2.45, 2.75) is 32.4 Å². The lowest BCUT2D eigenvalue weighted by molar-refractivity contribution is -0.140. The van der Waals surface area contributed by atoms with E-state index in [1.54, 1.807) is 26.0 Å². The molecule has 0 saturated heterocycles. The third-order valence-electron chi connectivity index (χ3n) is 5.39. The SMILES string of the molecule is CNC(=O)C(C)N(Cc1cccc(OC)c1)C(=O)CCc1cccc2ccccc12. The number of hydrogen-bond acceptors (Lipinski definition) is 3. The Kier molecular flexibility index (Phi) is 7.07. The number of nitrogens with zero attached hydrogens (tertiary/aromatic N) is 1. The summed E-state index contributed by atoms with van der Waals surface area (Å²) in [7, 11) is 3.20. The number of rotatable bonds is 8. The van der Waals surface area contributed by atoms with Crippen LogP contribution < -0.4 is 10.1 Å². The highest BCUT2D eigenvalue weighted by Crippen LogP contribution is 2.21. The summed E-state index contributed by atoms with van der Waals surface area (Å²) in [5.41, 5.74) is 2.05. The second kappa shape index (κ2) is 9.92. The Morgan fingerprint density at radius 1 is 1.03 bits per heavy atom. The van der Waals surface area contributed by atoms with Crippen molar-refractivity contribution in [2.75, 3.05) is 14.2 Å². The van der Waals surface area contributed by atoms with E-state index in [1.807, 2.05) is 42.5 Å². The zero-order chi connectivity index (χ0) is 21.5. The molecule has 0 bridgehead atoms. The molecule has 1 atom stereocenters. The summed E-state index contributed by atoms with van der Waals surface area (Å²) in [6.45, 7) is 2.11. The van der Waals surface area contributed by atoms with Gasteiger partial charge in [0.15, 0.2) is 0 Å². The van der Waals surface area contributed by atoms with Crippen molar-refractivity contribution in [1.29, 1.82) is 0 Å². The third-order valence-corrected chi connectivity index (χ3v) is 5.39. The van der Waals surface area contributed by atoms with Gasteiger partial charge in [-0.1, -0.05) is 54.6 Å². The molecule has 0 aliphatic carbocycles. The second-order valence-corrected chi connectivity index (χ2v) is 7.30. The lowest BCUT2D eigenvalue weighted by Crippen LogP contribution is -2.46. The van der Waals surface area contributed by atoms with Crippen LogP contribution in [-0.2, 0) is 22.6 Å². The molecule has 0 fully saturated rings. The number of nitrogens with one attached hydrogen (secondary N) is 1. The summed E-state index contributed by atoms with van der Waals surface area (Å²) in [6, 6.07) is 21.3. The molecular weight excluding hydrogens is 376 g/mol. The van der Waals surface area contributed by atoms with Gasteiger partial charge in [0.05, 0.1) is 7.11 Å². The van der Waals surface area contributed by atoms with Gasteiger partial charge in [-0.3, -0.25) is 9.59 Å². The van der Waals surface area contributed by atoms with Crippen LogP contribution in [0.15, 0.2) is 66.7 Å². The number of carbonyl (C=O) groups excluding carboxylic acids is 2. The summed E-state index contributed by atoms with van der Waals surface area (Å²) >= 11 is 0. The van der Waals surface area contributed by atoms with E-state index in [1.165, 1.54) is 0 Å². The van der Waals surface area contributed by atoms with Gasteiger partial charge >= 0.3 is 0 Å². The number of amides is 2. The summed E-state index contributed by atoms with van der Waals surface area (Å²) < 4.78 is 5.29. The molecule has 2 amide bonds. The molecule has 5 heteroatoms. The van der Waals surface area contributed by atoms with Crippen LogP contribution in [0.4, 0.5) is 0 Å². The smallest absolute Gasteiger partial charge is 0.242 e. The van der Waals surface area contributed by atoms with E-state index in [2.05, 4.69) is 29.6 Å². The number of ether oxygens (including phenoxy) is 1. The molecule has 0 heterocycles. The van der Waals surface area contributed by atoms with E-state index in [0.717, 1.165) is 27.6 Å². The number of benzene rings is 3. The van der Waals surface area contributed by atoms with E-state index in [0.29, 0.717) is 19.4 Å². The zero-order valence-electron chi connectivity index (χ0n) is 17.7. The number of aryl methyl sites for hydroxylation is 1. The topological polar surface area (TPSA) is 58.6 Å². The summed E-state index contributed by atoms with van der Waals surface area (Å²) in [4.78, 5) is 27.1. The predicted octanol–water partition coefficient (Wildman–Crippen LogP) is 3.94. The first-order chi connectivity index (χ1) is 14.5. The van der Waals surface area contributed by atoms with Crippen molar-refractivity contribution in [3.8, 4) is 5.75 Å². The van der Waals surface area contributed by atoms with E-state index in [4.69, 9.17) is 4.74 Å². The maximum Gasteiger partial charge on any atom is 0.242 e. The molecule has 1 N–H and O–H groups in total. The molecule has 5 nitrogen and oxygen atoms in total. The van der Waals surface area contributed by atoms with E-state index < -0.39 is 6.04 Å². The fourth-order valence-electron chi connectivity index (χ4n) is 3.65. The van der Waals surface area contributed by atoms with Crippen LogP contribution in [0.5, 0.6) is 5.75 Å². The maximum absolute atomic E-state index is 13.2. The van der Waals surface area contributed by atoms with Crippen molar-refractivity contribution >= 4 is 22.6 Å². The normalized spacial score (nSPS) is 11.7. The molecule has 156 valence electrons. The fraction of sp³-hybridized carbons (Fsp3) is 0.280. The van der Waals surface area contributed by atoms with E-state index in [-0.39, 0.29) is 11.8 Å². The first kappa shape index (κ1) is 21.4. The zero-order valence-corrected chi connectivity index (χ0v) is 17.7. The Bertz CT molecular complexity index is 1030. The largest absolute Gasteiger partial charge is 0.497 e. The molecule has 3 rings (SSSR count). The maximum atomic E-state index is 13.2. The summed E-state index contributed by atoms with van der Waals surface area (Å²) in [5, 5.41) is 4.97. The number of likely N-dealkylation sites (N-methyl/N-ethyl adjacent to an activating group) is 1. The predicted molar refractivity (Wildman–Crippen MR) is 119 cm³/mol. The van der Waals surface area contributed by atoms with Crippen LogP contribution in [0, 0.1) is 0 Å². The monoisotopic (exact) mass is 404 g/mol. The lowest BCUT2D eigenvalue weighted by Gasteiger charge is -2.28. The molecule has 0 radical (unpaired) electrons. The second-order valence-electron chi connectivity index (χ2n) is 7.30. The van der Waals surface area contributed by atoms with Gasteiger partial charge in [0.2, 0.25) is 11.8 Å². The minimum Gasteiger partial charge on any atom is -0.497 e. The van der Waals surface area contributed by atoms with Gasteiger partial charge in [0, 0.05) is 20.0 Å². The number of methoxy groups -OCH3 is 1. The fourth-order valence-corrected chi connectivity index (χ4v) is 3.65. The summed E-state index contributed by atoms with van der Waals surface area (Å²) in [6.07, 6.45) is 0.953. The molecule has 1 unspecified atom stereocenters. The van der Waals surface area contributed by atoms with Crippen LogP contribution in [-0.4, -0.2) is 36.9 Å². The van der Waals surface area contributed by atoms with Crippen molar-refractivity contribution in [1.82, 2.24) is 10.2 Å². The van der Waals surface area contributed by atoms with Gasteiger partial charge in [-0.05, 0) is 47.4 Å². The van der Waals surface area contributed by atoms with Gasteiger partial charge in [-0.25, -0.2) is 0 Å². The quantitative estimate of drug-likeness (QED) is 0.619. The molecule has 0 aliphatic rings. The number of fused-ring (bicyclic) bond motifs is 1. The van der Waals surface area contributed by atoms with Crippen molar-refractivity contribution in [2.24, 2.45) is 0 Å². The Morgan fingerprint density at radius 2 is 1.77 bits per heavy atom. The average Bonchev–Trinajstić information content (AvgIpc) is 2.80. The summed E-state index contributed by atoms with van der Waals surface area (Å²) in [5.74, 6) is 0.488. The van der Waals surface area contributed by atoms with Gasteiger partial charge in [0.1, 0.15) is 11.8 Å². The minimum atomic E-state index is -0.568. The Labute approximate surface area is 177 Å². The van der Waals surface area contributed by atoms with Gasteiger partial charge in [0.25, 0.3) is 0 Å². The van der Waals surface area contributed by atoms with E-state index >= 15 is 0 Å². The highest BCUT2D eigenvalue weighted by atomic mass is 16.5. The first-order valence-corrected chi connectivity index (χ1v) is 10.1. The lowest BCUT2D eigenvalue weighted by atomic mass is 10.0. The average molecular weight is 405 g/mol. The minimum absolute atomic E-state index is 0.0538. The number of carbonyl (C=O) groups is 2. The molecule has 0 saturated carbocycles. The number of hydrogen-bond donors (Lipinski definition) is 1. The van der Waals surface area contributed by atoms with Crippen LogP contribution in [0.2, 0.25) is 0 Å². The van der Waals surface area contributed by atoms with Gasteiger partial charge in [-0.15, -0.1) is 0 Å². The highest BCUT2D eigenvalue weighted by Gasteiger charge is 2.25. The first-order valence-electron chi connectivity index (χ1n) is 10.1. The van der Waals surface area contributed by atoms with Crippen LogP contribution >= 0.6 is 0 Å². The van der Waals surface area contributed by atoms with E-state index in [9.17, 15) is 9.59 Å². The van der Waals surface area contributed by atoms with Crippen LogP contribution in [0.25, 0.3) is 10.8 Å². The molecule has 0 spiro atoms. The van der Waals surface area contributed by atoms with Crippen molar-refractivity contribution in [3.05, 3.63) is 77.9 Å². The van der Waals surface area contributed by atoms with Gasteiger partial charge in [-0.2, -0.15) is 0 Å². The molecule has 3 aromatic carbocycles. The van der Waals surface area contributed by atoms with Crippen molar-refractivity contribution < 1.29 is 14.3 Å². The van der Waals surface area contributed by atoms with Gasteiger partial charge < -0.3 is 15.0 Å². The molecule has 0 aliphatic heterocycles. The molecule has 30 heavy (non-hydrogen) atoms. The molecule has 0 aromatic heterocycles. The molecule has 3 aromatic rings. The van der Waals surface area contributed by atoms with Crippen molar-refractivity contribution in [3.63, 3.8) is 0 Å². The Morgan fingerprint density at radius 3 is 2.53 bits per heavy atom. The Hall–Kier alpha value is -3.34.